The van der Waals surface area contributed by atoms with E-state index in [1.165, 1.54) is 23.3 Å². The number of rotatable bonds is 10. The van der Waals surface area contributed by atoms with Crippen LogP contribution in [0.1, 0.15) is 18.1 Å². The van der Waals surface area contributed by atoms with E-state index in [9.17, 15) is 10.1 Å². The fourth-order valence-electron chi connectivity index (χ4n) is 3.46. The molecule has 0 aromatic heterocycles. The number of halogens is 1. The average molecular weight is 568 g/mol. The van der Waals surface area contributed by atoms with E-state index in [0.29, 0.717) is 19.6 Å². The number of nitrogens with zero attached hydrogens (tertiary/aromatic N) is 3. The number of hydrogen-bond acceptors (Lipinski definition) is 6. The third-order valence-corrected chi connectivity index (χ3v) is 5.19. The Kier molecular flexibility index (Phi) is 11.9. The molecule has 1 heterocycles. The lowest BCUT2D eigenvalue weighted by Crippen LogP contribution is -2.39. The van der Waals surface area contributed by atoms with Crippen molar-refractivity contribution in [1.29, 1.82) is 0 Å². The first kappa shape index (κ1) is 26.8. The molecular formula is C23H33IN6O3. The van der Waals surface area contributed by atoms with Gasteiger partial charge in [-0.3, -0.25) is 15.0 Å². The zero-order valence-electron chi connectivity index (χ0n) is 19.0. The molecule has 1 saturated heterocycles. The molecule has 0 saturated carbocycles. The van der Waals surface area contributed by atoms with Crippen LogP contribution in [-0.2, 0) is 17.8 Å². The van der Waals surface area contributed by atoms with Crippen molar-refractivity contribution < 1.29 is 9.66 Å². The Hall–Kier alpha value is -2.44. The van der Waals surface area contributed by atoms with Gasteiger partial charge in [0, 0.05) is 57.1 Å². The molecule has 9 nitrogen and oxygen atoms in total. The van der Waals surface area contributed by atoms with E-state index in [4.69, 9.17) is 9.73 Å². The molecule has 2 aromatic rings. The first-order valence-electron chi connectivity index (χ1n) is 11.0. The van der Waals surface area contributed by atoms with Crippen molar-refractivity contribution in [2.24, 2.45) is 4.99 Å². The van der Waals surface area contributed by atoms with Gasteiger partial charge in [-0.25, -0.2) is 4.99 Å². The summed E-state index contributed by atoms with van der Waals surface area (Å²) in [6, 6.07) is 14.9. The van der Waals surface area contributed by atoms with Crippen molar-refractivity contribution in [2.45, 2.75) is 20.0 Å². The van der Waals surface area contributed by atoms with Gasteiger partial charge in [0.15, 0.2) is 5.96 Å². The first-order valence-corrected chi connectivity index (χ1v) is 11.0. The Morgan fingerprint density at radius 3 is 2.42 bits per heavy atom. The Bertz CT molecular complexity index is 888. The monoisotopic (exact) mass is 568 g/mol. The van der Waals surface area contributed by atoms with Gasteiger partial charge < -0.3 is 20.7 Å². The van der Waals surface area contributed by atoms with Crippen LogP contribution in [-0.4, -0.2) is 61.7 Å². The standard InChI is InChI=1S/C23H32N6O3.HI/c1-2-24-23(26-12-11-25-21-7-9-22(10-8-21)29(30)31)27-17-19-5-3-4-6-20(19)18-28-13-15-32-16-14-28;/h3-10,25H,2,11-18H2,1H3,(H2,24,26,27);1H. The van der Waals surface area contributed by atoms with Crippen molar-refractivity contribution in [2.75, 3.05) is 51.3 Å². The molecule has 0 bridgehead atoms. The number of non-ortho nitro benzene ring substituents is 1. The second kappa shape index (κ2) is 14.7. The fraction of sp³-hybridized carbons (Fsp3) is 0.435. The summed E-state index contributed by atoms with van der Waals surface area (Å²) >= 11 is 0. The van der Waals surface area contributed by atoms with Gasteiger partial charge in [0.1, 0.15) is 0 Å². The molecule has 2 aromatic carbocycles. The molecule has 1 fully saturated rings. The number of nitrogens with one attached hydrogen (secondary N) is 3. The Labute approximate surface area is 212 Å². The molecule has 180 valence electrons. The van der Waals surface area contributed by atoms with E-state index in [-0.39, 0.29) is 29.7 Å². The molecule has 3 N–H and O–H groups in total. The molecule has 0 aliphatic carbocycles. The SMILES string of the molecule is CCNC(=NCc1ccccc1CN1CCOCC1)NCCNc1ccc([N+](=O)[O-])cc1.I. The maximum atomic E-state index is 10.7. The predicted octanol–water partition coefficient (Wildman–Crippen LogP) is 3.21. The van der Waals surface area contributed by atoms with Crippen LogP contribution in [0, 0.1) is 10.1 Å². The minimum absolute atomic E-state index is 0. The number of hydrogen-bond donors (Lipinski definition) is 3. The molecule has 0 atom stereocenters. The lowest BCUT2D eigenvalue weighted by molar-refractivity contribution is -0.384. The number of guanidine groups is 1. The summed E-state index contributed by atoms with van der Waals surface area (Å²) in [4.78, 5) is 17.5. The van der Waals surface area contributed by atoms with E-state index in [2.05, 4.69) is 45.1 Å². The highest BCUT2D eigenvalue weighted by Gasteiger charge is 2.12. The lowest BCUT2D eigenvalue weighted by atomic mass is 10.1. The van der Waals surface area contributed by atoms with Crippen LogP contribution < -0.4 is 16.0 Å². The summed E-state index contributed by atoms with van der Waals surface area (Å²) in [7, 11) is 0. The van der Waals surface area contributed by atoms with Crippen molar-refractivity contribution in [3.63, 3.8) is 0 Å². The van der Waals surface area contributed by atoms with Gasteiger partial charge in [0.2, 0.25) is 0 Å². The minimum Gasteiger partial charge on any atom is -0.383 e. The smallest absolute Gasteiger partial charge is 0.269 e. The van der Waals surface area contributed by atoms with Gasteiger partial charge in [0.05, 0.1) is 24.7 Å². The van der Waals surface area contributed by atoms with Gasteiger partial charge in [0.25, 0.3) is 5.69 Å². The fourth-order valence-corrected chi connectivity index (χ4v) is 3.46. The number of benzene rings is 2. The third kappa shape index (κ3) is 9.14. The molecule has 0 amide bonds. The molecule has 0 radical (unpaired) electrons. The molecule has 0 unspecified atom stereocenters. The highest BCUT2D eigenvalue weighted by molar-refractivity contribution is 14.0. The first-order chi connectivity index (χ1) is 15.7. The lowest BCUT2D eigenvalue weighted by Gasteiger charge is -2.27. The van der Waals surface area contributed by atoms with Crippen LogP contribution in [0.2, 0.25) is 0 Å². The van der Waals surface area contributed by atoms with Crippen LogP contribution in [0.5, 0.6) is 0 Å². The van der Waals surface area contributed by atoms with E-state index < -0.39 is 4.92 Å². The molecule has 0 spiro atoms. The number of nitro benzene ring substituents is 1. The van der Waals surface area contributed by atoms with Crippen LogP contribution in [0.3, 0.4) is 0 Å². The number of morpholine rings is 1. The number of ether oxygens (including phenoxy) is 1. The molecular weight excluding hydrogens is 535 g/mol. The van der Waals surface area contributed by atoms with Crippen LogP contribution in [0.25, 0.3) is 0 Å². The Morgan fingerprint density at radius 2 is 1.76 bits per heavy atom. The minimum atomic E-state index is -0.399. The number of nitro groups is 1. The highest BCUT2D eigenvalue weighted by Crippen LogP contribution is 2.15. The maximum Gasteiger partial charge on any atom is 0.269 e. The zero-order chi connectivity index (χ0) is 22.6. The van der Waals surface area contributed by atoms with Gasteiger partial charge in [-0.05, 0) is 30.2 Å². The van der Waals surface area contributed by atoms with Crippen molar-refractivity contribution >= 4 is 41.3 Å². The summed E-state index contributed by atoms with van der Waals surface area (Å²) in [5.41, 5.74) is 3.45. The molecule has 1 aliphatic heterocycles. The predicted molar refractivity (Wildman–Crippen MR) is 142 cm³/mol. The number of anilines is 1. The molecule has 10 heteroatoms. The van der Waals surface area contributed by atoms with Crippen LogP contribution >= 0.6 is 24.0 Å². The van der Waals surface area contributed by atoms with Crippen molar-refractivity contribution in [1.82, 2.24) is 15.5 Å². The van der Waals surface area contributed by atoms with E-state index in [1.54, 1.807) is 12.1 Å². The van der Waals surface area contributed by atoms with E-state index >= 15 is 0 Å². The Morgan fingerprint density at radius 1 is 1.06 bits per heavy atom. The maximum absolute atomic E-state index is 10.7. The van der Waals surface area contributed by atoms with E-state index in [1.807, 2.05) is 6.92 Å². The molecule has 3 rings (SSSR count). The second-order valence-electron chi connectivity index (χ2n) is 7.51. The molecule has 1 aliphatic rings. The average Bonchev–Trinajstić information content (AvgIpc) is 2.82. The van der Waals surface area contributed by atoms with Gasteiger partial charge in [-0.2, -0.15) is 0 Å². The third-order valence-electron chi connectivity index (χ3n) is 5.19. The summed E-state index contributed by atoms with van der Waals surface area (Å²) in [5.74, 6) is 0.763. The van der Waals surface area contributed by atoms with Gasteiger partial charge in [-0.15, -0.1) is 24.0 Å². The quantitative estimate of drug-likeness (QED) is 0.101. The van der Waals surface area contributed by atoms with E-state index in [0.717, 1.165) is 51.0 Å². The largest absolute Gasteiger partial charge is 0.383 e. The second-order valence-corrected chi connectivity index (χ2v) is 7.51. The van der Waals surface area contributed by atoms with Gasteiger partial charge in [-0.1, -0.05) is 24.3 Å². The van der Waals surface area contributed by atoms with Crippen molar-refractivity contribution in [3.05, 3.63) is 69.8 Å². The van der Waals surface area contributed by atoms with Gasteiger partial charge >= 0.3 is 0 Å². The Balaban J connectivity index is 0.00000385. The zero-order valence-corrected chi connectivity index (χ0v) is 21.3. The highest BCUT2D eigenvalue weighted by atomic mass is 127. The topological polar surface area (TPSA) is 104 Å². The normalized spacial score (nSPS) is 14.3. The van der Waals surface area contributed by atoms with Crippen LogP contribution in [0.4, 0.5) is 11.4 Å². The summed E-state index contributed by atoms with van der Waals surface area (Å²) in [6.45, 7) is 9.17. The summed E-state index contributed by atoms with van der Waals surface area (Å²) < 4.78 is 5.45. The summed E-state index contributed by atoms with van der Waals surface area (Å²) in [5, 5.41) is 20.6. The molecule has 33 heavy (non-hydrogen) atoms. The number of aliphatic imine (C=N–C) groups is 1. The van der Waals surface area contributed by atoms with Crippen LogP contribution in [0.15, 0.2) is 53.5 Å². The van der Waals surface area contributed by atoms with Crippen molar-refractivity contribution in [3.8, 4) is 0 Å². The summed E-state index contributed by atoms with van der Waals surface area (Å²) in [6.07, 6.45) is 0.